The minimum Gasteiger partial charge on any atom is -0.337 e. The highest BCUT2D eigenvalue weighted by atomic mass is 35.5. The Labute approximate surface area is 178 Å². The molecule has 1 fully saturated rings. The third-order valence-electron chi connectivity index (χ3n) is 5.21. The van der Waals surface area contributed by atoms with Gasteiger partial charge in [-0.15, -0.1) is 17.5 Å². The molecule has 0 bridgehead atoms. The van der Waals surface area contributed by atoms with Gasteiger partial charge >= 0.3 is 0 Å². The lowest BCUT2D eigenvalue weighted by Gasteiger charge is -2.31. The number of aromatic nitrogens is 3. The first-order valence-electron chi connectivity index (χ1n) is 9.78. The maximum atomic E-state index is 13.1. The molecule has 0 spiro atoms. The van der Waals surface area contributed by atoms with Crippen LogP contribution in [0.3, 0.4) is 0 Å². The van der Waals surface area contributed by atoms with Crippen molar-refractivity contribution in [2.24, 2.45) is 5.92 Å². The number of rotatable bonds is 7. The molecule has 2 heterocycles. The lowest BCUT2D eigenvalue weighted by Crippen LogP contribution is -2.39. The van der Waals surface area contributed by atoms with E-state index in [2.05, 4.69) is 22.6 Å². The van der Waals surface area contributed by atoms with Gasteiger partial charge in [0, 0.05) is 18.1 Å². The van der Waals surface area contributed by atoms with Crippen molar-refractivity contribution in [3.63, 3.8) is 0 Å². The van der Waals surface area contributed by atoms with Gasteiger partial charge in [-0.25, -0.2) is 4.68 Å². The van der Waals surface area contributed by atoms with Crippen molar-refractivity contribution in [2.75, 3.05) is 26.7 Å². The van der Waals surface area contributed by atoms with Crippen molar-refractivity contribution in [1.82, 2.24) is 25.2 Å². The van der Waals surface area contributed by atoms with Gasteiger partial charge in [0.05, 0.1) is 11.4 Å². The number of hydrogen-bond acceptors (Lipinski definition) is 4. The molecular formula is C20H29Cl2N5O. The second-order valence-electron chi connectivity index (χ2n) is 7.15. The van der Waals surface area contributed by atoms with Crippen molar-refractivity contribution < 1.29 is 4.79 Å². The summed E-state index contributed by atoms with van der Waals surface area (Å²) in [5.74, 6) is 0.692. The minimum absolute atomic E-state index is 0. The number of benzene rings is 1. The molecule has 0 saturated carbocycles. The maximum Gasteiger partial charge on any atom is 0.276 e. The Morgan fingerprint density at radius 2 is 2.07 bits per heavy atom. The highest BCUT2D eigenvalue weighted by molar-refractivity contribution is 6.30. The molecule has 6 nitrogen and oxygen atoms in total. The van der Waals surface area contributed by atoms with E-state index in [0.717, 1.165) is 56.7 Å². The van der Waals surface area contributed by atoms with Crippen molar-refractivity contribution in [1.29, 1.82) is 0 Å². The summed E-state index contributed by atoms with van der Waals surface area (Å²) in [6.07, 6.45) is 4.95. The average molecular weight is 426 g/mol. The fourth-order valence-electron chi connectivity index (χ4n) is 3.67. The predicted octanol–water partition coefficient (Wildman–Crippen LogP) is 3.76. The molecule has 1 aromatic heterocycles. The van der Waals surface area contributed by atoms with Crippen LogP contribution in [0, 0.1) is 5.92 Å². The molecule has 1 aromatic carbocycles. The van der Waals surface area contributed by atoms with E-state index >= 15 is 0 Å². The molecule has 3 rings (SSSR count). The van der Waals surface area contributed by atoms with Crippen molar-refractivity contribution in [2.45, 2.75) is 39.0 Å². The standard InChI is InChI=1S/C20H28ClN5O.ClH/c1-3-5-18-19(23-24-26(18)17-7-4-6-16(21)14-17)20(27)25-12-9-15(10-13-25)8-11-22-2;/h4,6-7,14-15,22H,3,5,8-13H2,1-2H3;1H. The molecule has 1 amide bonds. The Morgan fingerprint density at radius 3 is 2.71 bits per heavy atom. The first-order valence-corrected chi connectivity index (χ1v) is 10.2. The Kier molecular flexibility index (Phi) is 8.73. The summed E-state index contributed by atoms with van der Waals surface area (Å²) < 4.78 is 1.75. The zero-order chi connectivity index (χ0) is 19.2. The van der Waals surface area contributed by atoms with E-state index in [1.807, 2.05) is 36.2 Å². The number of amides is 1. The van der Waals surface area contributed by atoms with Gasteiger partial charge in [0.15, 0.2) is 5.69 Å². The van der Waals surface area contributed by atoms with Gasteiger partial charge in [0.2, 0.25) is 0 Å². The molecule has 2 aromatic rings. The highest BCUT2D eigenvalue weighted by Gasteiger charge is 2.28. The Morgan fingerprint density at radius 1 is 1.32 bits per heavy atom. The monoisotopic (exact) mass is 425 g/mol. The number of nitrogens with one attached hydrogen (secondary N) is 1. The molecule has 8 heteroatoms. The van der Waals surface area contributed by atoms with Gasteiger partial charge in [0.1, 0.15) is 0 Å². The maximum absolute atomic E-state index is 13.1. The van der Waals surface area contributed by atoms with Gasteiger partial charge in [0.25, 0.3) is 5.91 Å². The van der Waals surface area contributed by atoms with E-state index in [0.29, 0.717) is 16.6 Å². The SMILES string of the molecule is CCCc1c(C(=O)N2CCC(CCNC)CC2)nnn1-c1cccc(Cl)c1.Cl. The number of piperidine rings is 1. The van der Waals surface area contributed by atoms with Crippen LogP contribution in [0.1, 0.15) is 48.8 Å². The molecule has 0 atom stereocenters. The van der Waals surface area contributed by atoms with Gasteiger partial charge in [-0.3, -0.25) is 4.79 Å². The predicted molar refractivity (Wildman–Crippen MR) is 115 cm³/mol. The van der Waals surface area contributed by atoms with E-state index in [1.54, 1.807) is 4.68 Å². The number of carbonyl (C=O) groups excluding carboxylic acids is 1. The molecule has 28 heavy (non-hydrogen) atoms. The normalized spacial score (nSPS) is 14.8. The molecule has 0 aliphatic carbocycles. The van der Waals surface area contributed by atoms with Gasteiger partial charge in [-0.1, -0.05) is 36.2 Å². The highest BCUT2D eigenvalue weighted by Crippen LogP contribution is 2.23. The van der Waals surface area contributed by atoms with Crippen molar-refractivity contribution >= 4 is 29.9 Å². The summed E-state index contributed by atoms with van der Waals surface area (Å²) in [5, 5.41) is 12.4. The van der Waals surface area contributed by atoms with Crippen LogP contribution in [-0.4, -0.2) is 52.5 Å². The molecular weight excluding hydrogens is 397 g/mol. The minimum atomic E-state index is -0.00112. The van der Waals surface area contributed by atoms with Crippen molar-refractivity contribution in [3.05, 3.63) is 40.7 Å². The summed E-state index contributed by atoms with van der Waals surface area (Å²) >= 11 is 6.12. The van der Waals surface area contributed by atoms with Crippen LogP contribution < -0.4 is 5.32 Å². The third-order valence-corrected chi connectivity index (χ3v) is 5.44. The number of halogens is 2. The summed E-state index contributed by atoms with van der Waals surface area (Å²) in [4.78, 5) is 15.0. The largest absolute Gasteiger partial charge is 0.337 e. The quantitative estimate of drug-likeness (QED) is 0.733. The molecule has 1 saturated heterocycles. The van der Waals surface area contributed by atoms with Crippen LogP contribution in [0.4, 0.5) is 0 Å². The van der Waals surface area contributed by atoms with Crippen molar-refractivity contribution in [3.8, 4) is 5.69 Å². The number of nitrogens with zero attached hydrogens (tertiary/aromatic N) is 4. The summed E-state index contributed by atoms with van der Waals surface area (Å²) in [6.45, 7) is 4.72. The zero-order valence-corrected chi connectivity index (χ0v) is 18.1. The fourth-order valence-corrected chi connectivity index (χ4v) is 3.85. The van der Waals surface area contributed by atoms with Gasteiger partial charge in [-0.05, 0) is 63.4 Å². The first kappa shape index (κ1) is 22.7. The van der Waals surface area contributed by atoms with Crippen LogP contribution >= 0.6 is 24.0 Å². The Hall–Kier alpha value is -1.63. The summed E-state index contributed by atoms with van der Waals surface area (Å²) in [7, 11) is 1.98. The summed E-state index contributed by atoms with van der Waals surface area (Å²) in [5.41, 5.74) is 2.18. The van der Waals surface area contributed by atoms with Crippen LogP contribution in [0.2, 0.25) is 5.02 Å². The van der Waals surface area contributed by atoms with Crippen LogP contribution in [-0.2, 0) is 6.42 Å². The van der Waals surface area contributed by atoms with E-state index in [-0.39, 0.29) is 18.3 Å². The molecule has 0 unspecified atom stereocenters. The zero-order valence-electron chi connectivity index (χ0n) is 16.5. The number of carbonyl (C=O) groups is 1. The summed E-state index contributed by atoms with van der Waals surface area (Å²) in [6, 6.07) is 7.48. The third kappa shape index (κ3) is 5.25. The van der Waals surface area contributed by atoms with E-state index in [1.165, 1.54) is 6.42 Å². The van der Waals surface area contributed by atoms with E-state index in [4.69, 9.17) is 11.6 Å². The van der Waals surface area contributed by atoms with E-state index < -0.39 is 0 Å². The fraction of sp³-hybridized carbons (Fsp3) is 0.550. The van der Waals surface area contributed by atoms with Crippen LogP contribution in [0.5, 0.6) is 0 Å². The van der Waals surface area contributed by atoms with E-state index in [9.17, 15) is 4.79 Å². The molecule has 154 valence electrons. The topological polar surface area (TPSA) is 63.1 Å². The Balaban J connectivity index is 0.00000280. The van der Waals surface area contributed by atoms with Gasteiger partial charge < -0.3 is 10.2 Å². The number of likely N-dealkylation sites (tertiary alicyclic amines) is 1. The first-order chi connectivity index (χ1) is 13.1. The second kappa shape index (κ2) is 10.8. The molecule has 1 aliphatic rings. The smallest absolute Gasteiger partial charge is 0.276 e. The second-order valence-corrected chi connectivity index (χ2v) is 7.59. The van der Waals surface area contributed by atoms with Crippen LogP contribution in [0.25, 0.3) is 5.69 Å². The Bertz CT molecular complexity index is 772. The lowest BCUT2D eigenvalue weighted by atomic mass is 9.93. The molecule has 1 aliphatic heterocycles. The average Bonchev–Trinajstić information content (AvgIpc) is 3.10. The lowest BCUT2D eigenvalue weighted by molar-refractivity contribution is 0.0680. The molecule has 1 N–H and O–H groups in total. The number of hydrogen-bond donors (Lipinski definition) is 1. The van der Waals surface area contributed by atoms with Gasteiger partial charge in [-0.2, -0.15) is 0 Å². The molecule has 0 radical (unpaired) electrons. The van der Waals surface area contributed by atoms with Crippen LogP contribution in [0.15, 0.2) is 24.3 Å².